The molecule has 0 saturated carbocycles. The molecule has 2 rings (SSSR count). The highest BCUT2D eigenvalue weighted by atomic mass is 32.2. The van der Waals surface area contributed by atoms with Gasteiger partial charge in [0, 0.05) is 19.7 Å². The zero-order valence-corrected chi connectivity index (χ0v) is 13.4. The quantitative estimate of drug-likeness (QED) is 0.798. The second-order valence-electron chi connectivity index (χ2n) is 5.04. The summed E-state index contributed by atoms with van der Waals surface area (Å²) in [6, 6.07) is 8.14. The molecule has 0 atom stereocenters. The molecule has 0 saturated heterocycles. The molecule has 21 heavy (non-hydrogen) atoms. The summed E-state index contributed by atoms with van der Waals surface area (Å²) in [6.07, 6.45) is 0. The Hall–Kier alpha value is -1.53. The van der Waals surface area contributed by atoms with E-state index < -0.39 is 0 Å². The molecule has 114 valence electrons. The van der Waals surface area contributed by atoms with Crippen LogP contribution in [0.15, 0.2) is 29.4 Å². The first kappa shape index (κ1) is 15.9. The van der Waals surface area contributed by atoms with E-state index in [-0.39, 0.29) is 11.9 Å². The van der Waals surface area contributed by atoms with Crippen molar-refractivity contribution in [2.75, 3.05) is 19.5 Å². The van der Waals surface area contributed by atoms with E-state index in [1.807, 2.05) is 38.1 Å². The van der Waals surface area contributed by atoms with Gasteiger partial charge in [0.1, 0.15) is 0 Å². The van der Waals surface area contributed by atoms with Crippen LogP contribution in [0, 0.1) is 0 Å². The largest absolute Gasteiger partial charge is 0.383 e. The van der Waals surface area contributed by atoms with Crippen LogP contribution in [0.4, 0.5) is 0 Å². The van der Waals surface area contributed by atoms with Gasteiger partial charge >= 0.3 is 0 Å². The van der Waals surface area contributed by atoms with E-state index in [1.165, 1.54) is 11.8 Å². The summed E-state index contributed by atoms with van der Waals surface area (Å²) < 4.78 is 7.26. The predicted octanol–water partition coefficient (Wildman–Crippen LogP) is 2.30. The molecule has 0 aliphatic carbocycles. The zero-order valence-electron chi connectivity index (χ0n) is 12.6. The third kappa shape index (κ3) is 4.22. The minimum absolute atomic E-state index is 0.0281. The average molecular weight is 307 g/mol. The topological polar surface area (TPSA) is 56.1 Å². The first-order valence-corrected chi connectivity index (χ1v) is 7.96. The summed E-state index contributed by atoms with van der Waals surface area (Å²) in [7, 11) is 1.68. The molecular weight excluding hydrogens is 286 g/mol. The first-order valence-electron chi connectivity index (χ1n) is 6.98. The molecule has 0 bridgehead atoms. The number of para-hydroxylation sites is 2. The number of benzene rings is 1. The lowest BCUT2D eigenvalue weighted by Gasteiger charge is -2.09. The Morgan fingerprint density at radius 3 is 2.90 bits per heavy atom. The third-order valence-corrected chi connectivity index (χ3v) is 3.90. The zero-order chi connectivity index (χ0) is 15.2. The third-order valence-electron chi connectivity index (χ3n) is 2.92. The molecule has 1 heterocycles. The van der Waals surface area contributed by atoms with Crippen LogP contribution in [0.25, 0.3) is 11.0 Å². The van der Waals surface area contributed by atoms with Crippen molar-refractivity contribution in [1.82, 2.24) is 14.9 Å². The molecule has 1 aromatic carbocycles. The fraction of sp³-hybridized carbons (Fsp3) is 0.467. The Labute approximate surface area is 129 Å². The molecule has 6 heteroatoms. The van der Waals surface area contributed by atoms with Gasteiger partial charge in [0.2, 0.25) is 5.91 Å². The van der Waals surface area contributed by atoms with E-state index in [9.17, 15) is 4.79 Å². The van der Waals surface area contributed by atoms with E-state index in [0.29, 0.717) is 12.4 Å². The summed E-state index contributed by atoms with van der Waals surface area (Å²) >= 11 is 1.46. The molecule has 0 unspecified atom stereocenters. The summed E-state index contributed by atoms with van der Waals surface area (Å²) in [5.41, 5.74) is 2.02. The van der Waals surface area contributed by atoms with Crippen molar-refractivity contribution in [3.63, 3.8) is 0 Å². The number of aromatic nitrogens is 2. The van der Waals surface area contributed by atoms with E-state index in [2.05, 4.69) is 14.9 Å². The van der Waals surface area contributed by atoms with Gasteiger partial charge in [0.25, 0.3) is 0 Å². The maximum Gasteiger partial charge on any atom is 0.230 e. The summed E-state index contributed by atoms with van der Waals surface area (Å²) in [5.74, 6) is 0.398. The summed E-state index contributed by atoms with van der Waals surface area (Å²) in [6.45, 7) is 5.25. The predicted molar refractivity (Wildman–Crippen MR) is 85.6 cm³/mol. The minimum atomic E-state index is 0.0281. The van der Waals surface area contributed by atoms with E-state index in [0.717, 1.165) is 22.7 Å². The number of ether oxygens (including phenoxy) is 1. The average Bonchev–Trinajstić information content (AvgIpc) is 2.80. The number of nitrogens with one attached hydrogen (secondary N) is 1. The van der Waals surface area contributed by atoms with Crippen LogP contribution in [0.1, 0.15) is 13.8 Å². The second-order valence-corrected chi connectivity index (χ2v) is 5.98. The van der Waals surface area contributed by atoms with Crippen LogP contribution in [0.5, 0.6) is 0 Å². The van der Waals surface area contributed by atoms with Crippen molar-refractivity contribution >= 4 is 28.7 Å². The molecule has 1 N–H and O–H groups in total. The molecule has 0 aliphatic heterocycles. The highest BCUT2D eigenvalue weighted by molar-refractivity contribution is 7.99. The standard InChI is InChI=1S/C15H21N3O2S/c1-11(2)16-14(19)10-21-15-17-12-6-4-5-7-13(12)18(15)8-9-20-3/h4-7,11H,8-10H2,1-3H3,(H,16,19). The van der Waals surface area contributed by atoms with Crippen molar-refractivity contribution in [3.05, 3.63) is 24.3 Å². The maximum atomic E-state index is 11.8. The van der Waals surface area contributed by atoms with Crippen molar-refractivity contribution in [2.45, 2.75) is 31.6 Å². The van der Waals surface area contributed by atoms with Gasteiger partial charge in [-0.1, -0.05) is 23.9 Å². The Morgan fingerprint density at radius 2 is 2.19 bits per heavy atom. The Kier molecular flexibility index (Phi) is 5.64. The second kappa shape index (κ2) is 7.47. The number of nitrogens with zero attached hydrogens (tertiary/aromatic N) is 2. The van der Waals surface area contributed by atoms with Crippen molar-refractivity contribution in [1.29, 1.82) is 0 Å². The van der Waals surface area contributed by atoms with Gasteiger partial charge in [-0.2, -0.15) is 0 Å². The van der Waals surface area contributed by atoms with Crippen LogP contribution in [-0.4, -0.2) is 41.0 Å². The smallest absolute Gasteiger partial charge is 0.230 e. The van der Waals surface area contributed by atoms with Gasteiger partial charge in [-0.15, -0.1) is 0 Å². The number of amides is 1. The lowest BCUT2D eigenvalue weighted by Crippen LogP contribution is -2.31. The number of hydrogen-bond donors (Lipinski definition) is 1. The van der Waals surface area contributed by atoms with Crippen LogP contribution in [0.2, 0.25) is 0 Å². The van der Waals surface area contributed by atoms with Crippen LogP contribution < -0.4 is 5.32 Å². The molecular formula is C15H21N3O2S. The number of carbonyl (C=O) groups is 1. The lowest BCUT2D eigenvalue weighted by atomic mass is 10.3. The number of thioether (sulfide) groups is 1. The van der Waals surface area contributed by atoms with Gasteiger partial charge in [-0.05, 0) is 26.0 Å². The van der Waals surface area contributed by atoms with Crippen molar-refractivity contribution in [2.24, 2.45) is 0 Å². The fourth-order valence-electron chi connectivity index (χ4n) is 2.06. The van der Waals surface area contributed by atoms with Crippen LogP contribution >= 0.6 is 11.8 Å². The molecule has 1 aromatic heterocycles. The Bertz CT molecular complexity index is 610. The van der Waals surface area contributed by atoms with Crippen molar-refractivity contribution in [3.8, 4) is 0 Å². The number of carbonyl (C=O) groups excluding carboxylic acids is 1. The lowest BCUT2D eigenvalue weighted by molar-refractivity contribution is -0.119. The molecule has 0 aliphatic rings. The maximum absolute atomic E-state index is 11.8. The molecule has 0 fully saturated rings. The summed E-state index contributed by atoms with van der Waals surface area (Å²) in [4.78, 5) is 16.4. The first-order chi connectivity index (χ1) is 10.1. The molecule has 0 spiro atoms. The normalized spacial score (nSPS) is 11.2. The Balaban J connectivity index is 2.15. The molecule has 1 amide bonds. The molecule has 5 nitrogen and oxygen atoms in total. The van der Waals surface area contributed by atoms with Crippen molar-refractivity contribution < 1.29 is 9.53 Å². The fourth-order valence-corrected chi connectivity index (χ4v) is 2.91. The molecule has 0 radical (unpaired) electrons. The highest BCUT2D eigenvalue weighted by Gasteiger charge is 2.12. The number of rotatable bonds is 7. The number of methoxy groups -OCH3 is 1. The van der Waals surface area contributed by atoms with E-state index in [4.69, 9.17) is 4.74 Å². The van der Waals surface area contributed by atoms with E-state index in [1.54, 1.807) is 7.11 Å². The molecule has 2 aromatic rings. The summed E-state index contributed by atoms with van der Waals surface area (Å²) in [5, 5.41) is 3.74. The number of fused-ring (bicyclic) bond motifs is 1. The van der Waals surface area contributed by atoms with Gasteiger partial charge < -0.3 is 14.6 Å². The Morgan fingerprint density at radius 1 is 1.43 bits per heavy atom. The van der Waals surface area contributed by atoms with Crippen LogP contribution in [-0.2, 0) is 16.1 Å². The SMILES string of the molecule is COCCn1c(SCC(=O)NC(C)C)nc2ccccc21. The van der Waals surface area contributed by atoms with Crippen LogP contribution in [0.3, 0.4) is 0 Å². The highest BCUT2D eigenvalue weighted by Crippen LogP contribution is 2.23. The van der Waals surface area contributed by atoms with Gasteiger partial charge in [-0.25, -0.2) is 4.98 Å². The monoisotopic (exact) mass is 307 g/mol. The van der Waals surface area contributed by atoms with Gasteiger partial charge in [-0.3, -0.25) is 4.79 Å². The van der Waals surface area contributed by atoms with Gasteiger partial charge in [0.15, 0.2) is 5.16 Å². The number of imidazole rings is 1. The minimum Gasteiger partial charge on any atom is -0.383 e. The van der Waals surface area contributed by atoms with Gasteiger partial charge in [0.05, 0.1) is 23.4 Å². The number of hydrogen-bond acceptors (Lipinski definition) is 4. The van der Waals surface area contributed by atoms with E-state index >= 15 is 0 Å².